The Morgan fingerprint density at radius 3 is 2.52 bits per heavy atom. The number of rotatable bonds is 5. The van der Waals surface area contributed by atoms with E-state index in [4.69, 9.17) is 0 Å². The van der Waals surface area contributed by atoms with Crippen molar-refractivity contribution in [3.63, 3.8) is 0 Å². The number of likely N-dealkylation sites (tertiary alicyclic amines) is 1. The molecule has 2 amide bonds. The monoisotopic (exact) mass is 329 g/mol. The van der Waals surface area contributed by atoms with Gasteiger partial charge < -0.3 is 5.11 Å². The number of carbonyl (C=O) groups excluding carboxylic acids is 2. The van der Waals surface area contributed by atoms with Gasteiger partial charge in [-0.2, -0.15) is 0 Å². The first-order valence-corrected chi connectivity index (χ1v) is 8.05. The van der Waals surface area contributed by atoms with Crippen LogP contribution in [0.2, 0.25) is 0 Å². The molecule has 1 saturated heterocycles. The van der Waals surface area contributed by atoms with Crippen molar-refractivity contribution < 1.29 is 19.5 Å². The molecular formula is C17H15NO4S. The van der Waals surface area contributed by atoms with Crippen molar-refractivity contribution in [2.75, 3.05) is 0 Å². The van der Waals surface area contributed by atoms with Crippen molar-refractivity contribution >= 4 is 29.1 Å². The Morgan fingerprint density at radius 2 is 1.91 bits per heavy atom. The Kier molecular flexibility index (Phi) is 4.00. The highest BCUT2D eigenvalue weighted by molar-refractivity contribution is 7.09. The molecule has 1 aliphatic rings. The molecule has 0 spiro atoms. The molecule has 2 heterocycles. The first-order chi connectivity index (χ1) is 11.0. The second-order valence-corrected chi connectivity index (χ2v) is 6.59. The van der Waals surface area contributed by atoms with Crippen LogP contribution in [-0.4, -0.2) is 27.8 Å². The SMILES string of the molecule is O=C(O)CC1(c2ccccc2)CC(=O)N(Cc2cccs2)C1=O. The summed E-state index contributed by atoms with van der Waals surface area (Å²) in [7, 11) is 0. The number of amides is 2. The highest BCUT2D eigenvalue weighted by Crippen LogP contribution is 2.40. The largest absolute Gasteiger partial charge is 0.481 e. The number of hydrogen-bond donors (Lipinski definition) is 1. The minimum atomic E-state index is -1.30. The van der Waals surface area contributed by atoms with Crippen LogP contribution in [0.25, 0.3) is 0 Å². The maximum atomic E-state index is 12.9. The van der Waals surface area contributed by atoms with Crippen LogP contribution >= 0.6 is 11.3 Å². The lowest BCUT2D eigenvalue weighted by molar-refractivity contribution is -0.145. The topological polar surface area (TPSA) is 74.7 Å². The van der Waals surface area contributed by atoms with Crippen LogP contribution in [-0.2, 0) is 26.3 Å². The fraction of sp³-hybridized carbons (Fsp3) is 0.235. The predicted molar refractivity (Wildman–Crippen MR) is 84.9 cm³/mol. The van der Waals surface area contributed by atoms with E-state index in [0.717, 1.165) is 4.88 Å². The van der Waals surface area contributed by atoms with E-state index >= 15 is 0 Å². The van der Waals surface area contributed by atoms with Gasteiger partial charge in [0.05, 0.1) is 18.4 Å². The molecule has 1 aromatic heterocycles. The van der Waals surface area contributed by atoms with Crippen LogP contribution < -0.4 is 0 Å². The third-order valence-corrected chi connectivity index (χ3v) is 4.94. The molecule has 23 heavy (non-hydrogen) atoms. The molecule has 3 rings (SSSR count). The van der Waals surface area contributed by atoms with Crippen molar-refractivity contribution in [2.24, 2.45) is 0 Å². The second kappa shape index (κ2) is 5.96. The Morgan fingerprint density at radius 1 is 1.17 bits per heavy atom. The molecule has 5 nitrogen and oxygen atoms in total. The normalized spacial score (nSPS) is 21.0. The Hall–Kier alpha value is -2.47. The number of nitrogens with zero attached hydrogens (tertiary/aromatic N) is 1. The van der Waals surface area contributed by atoms with E-state index in [-0.39, 0.29) is 25.3 Å². The quantitative estimate of drug-likeness (QED) is 0.855. The standard InChI is InChI=1S/C17H15NO4S/c19-14-9-17(10-15(20)21,12-5-2-1-3-6-12)16(22)18(14)11-13-7-4-8-23-13/h1-8H,9-11H2,(H,20,21). The van der Waals surface area contributed by atoms with Gasteiger partial charge in [0, 0.05) is 11.3 Å². The van der Waals surface area contributed by atoms with Gasteiger partial charge in [0.25, 0.3) is 0 Å². The van der Waals surface area contributed by atoms with Crippen LogP contribution in [0.4, 0.5) is 0 Å². The molecule has 1 aliphatic heterocycles. The average molecular weight is 329 g/mol. The summed E-state index contributed by atoms with van der Waals surface area (Å²) >= 11 is 1.46. The fourth-order valence-electron chi connectivity index (χ4n) is 3.00. The van der Waals surface area contributed by atoms with Crippen molar-refractivity contribution in [1.82, 2.24) is 4.90 Å². The van der Waals surface area contributed by atoms with Gasteiger partial charge in [0.15, 0.2) is 0 Å². The average Bonchev–Trinajstić information content (AvgIpc) is 3.11. The van der Waals surface area contributed by atoms with Crippen LogP contribution in [0.15, 0.2) is 47.8 Å². The summed E-state index contributed by atoms with van der Waals surface area (Å²) in [4.78, 5) is 38.8. The summed E-state index contributed by atoms with van der Waals surface area (Å²) in [5.74, 6) is -1.84. The summed E-state index contributed by atoms with van der Waals surface area (Å²) < 4.78 is 0. The number of benzene rings is 1. The van der Waals surface area contributed by atoms with E-state index in [1.807, 2.05) is 17.5 Å². The zero-order valence-corrected chi connectivity index (χ0v) is 13.1. The molecule has 0 saturated carbocycles. The van der Waals surface area contributed by atoms with Crippen molar-refractivity contribution in [2.45, 2.75) is 24.8 Å². The second-order valence-electron chi connectivity index (χ2n) is 5.56. The smallest absolute Gasteiger partial charge is 0.304 e. The first-order valence-electron chi connectivity index (χ1n) is 7.17. The predicted octanol–water partition coefficient (Wildman–Crippen LogP) is 2.42. The van der Waals surface area contributed by atoms with E-state index in [0.29, 0.717) is 5.56 Å². The lowest BCUT2D eigenvalue weighted by Gasteiger charge is -2.25. The first kappa shape index (κ1) is 15.4. The minimum absolute atomic E-state index is 0.104. The molecular weight excluding hydrogens is 314 g/mol. The summed E-state index contributed by atoms with van der Waals surface area (Å²) in [6, 6.07) is 12.4. The molecule has 1 atom stereocenters. The summed E-state index contributed by atoms with van der Waals surface area (Å²) in [6.07, 6.45) is -0.490. The molecule has 0 aliphatic carbocycles. The van der Waals surface area contributed by atoms with Gasteiger partial charge in [-0.05, 0) is 17.0 Å². The van der Waals surface area contributed by atoms with Gasteiger partial charge in [-0.3, -0.25) is 19.3 Å². The van der Waals surface area contributed by atoms with Gasteiger partial charge in [-0.25, -0.2) is 0 Å². The van der Waals surface area contributed by atoms with Gasteiger partial charge in [0.2, 0.25) is 11.8 Å². The number of carbonyl (C=O) groups is 3. The van der Waals surface area contributed by atoms with E-state index in [9.17, 15) is 19.5 Å². The Labute approximate surface area is 137 Å². The van der Waals surface area contributed by atoms with Crippen molar-refractivity contribution in [3.05, 3.63) is 58.3 Å². The summed E-state index contributed by atoms with van der Waals surface area (Å²) in [5, 5.41) is 11.1. The third kappa shape index (κ3) is 2.77. The lowest BCUT2D eigenvalue weighted by atomic mass is 9.76. The Bertz CT molecular complexity index is 741. The maximum Gasteiger partial charge on any atom is 0.304 e. The van der Waals surface area contributed by atoms with Gasteiger partial charge in [0.1, 0.15) is 0 Å². The highest BCUT2D eigenvalue weighted by Gasteiger charge is 2.53. The number of imide groups is 1. The highest BCUT2D eigenvalue weighted by atomic mass is 32.1. The van der Waals surface area contributed by atoms with Gasteiger partial charge >= 0.3 is 5.97 Å². The zero-order chi connectivity index (χ0) is 16.4. The van der Waals surface area contributed by atoms with E-state index in [1.165, 1.54) is 16.2 Å². The van der Waals surface area contributed by atoms with Crippen molar-refractivity contribution in [3.8, 4) is 0 Å². The number of thiophene rings is 1. The van der Waals surface area contributed by atoms with Crippen LogP contribution in [0, 0.1) is 0 Å². The molecule has 1 aromatic carbocycles. The molecule has 2 aromatic rings. The molecule has 6 heteroatoms. The number of aliphatic carboxylic acids is 1. The van der Waals surface area contributed by atoms with Gasteiger partial charge in [-0.15, -0.1) is 11.3 Å². The molecule has 1 unspecified atom stereocenters. The number of hydrogen-bond acceptors (Lipinski definition) is 4. The van der Waals surface area contributed by atoms with Crippen LogP contribution in [0.5, 0.6) is 0 Å². The fourth-order valence-corrected chi connectivity index (χ4v) is 3.69. The third-order valence-electron chi connectivity index (χ3n) is 4.08. The van der Waals surface area contributed by atoms with E-state index in [2.05, 4.69) is 0 Å². The van der Waals surface area contributed by atoms with Crippen molar-refractivity contribution in [1.29, 1.82) is 0 Å². The van der Waals surface area contributed by atoms with Crippen LogP contribution in [0.3, 0.4) is 0 Å². The molecule has 118 valence electrons. The number of carboxylic acids is 1. The molecule has 0 bridgehead atoms. The maximum absolute atomic E-state index is 12.9. The number of carboxylic acid groups (broad SMARTS) is 1. The molecule has 0 radical (unpaired) electrons. The zero-order valence-electron chi connectivity index (χ0n) is 12.3. The summed E-state index contributed by atoms with van der Waals surface area (Å²) in [5.41, 5.74) is -0.726. The van der Waals surface area contributed by atoms with Gasteiger partial charge in [-0.1, -0.05) is 36.4 Å². The molecule has 1 N–H and O–H groups in total. The minimum Gasteiger partial charge on any atom is -0.481 e. The summed E-state index contributed by atoms with van der Waals surface area (Å²) in [6.45, 7) is 0.198. The van der Waals surface area contributed by atoms with E-state index in [1.54, 1.807) is 30.3 Å². The van der Waals surface area contributed by atoms with Crippen LogP contribution in [0.1, 0.15) is 23.3 Å². The van der Waals surface area contributed by atoms with E-state index < -0.39 is 17.3 Å². The lowest BCUT2D eigenvalue weighted by Crippen LogP contribution is -2.39. The Balaban J connectivity index is 1.99. The molecule has 1 fully saturated rings.